The molecule has 0 aliphatic heterocycles. The monoisotopic (exact) mass is 452 g/mol. The van der Waals surface area contributed by atoms with Gasteiger partial charge < -0.3 is 25.7 Å². The number of hydrogen-bond acceptors (Lipinski definition) is 7. The summed E-state index contributed by atoms with van der Waals surface area (Å²) in [5, 5.41) is 0. The third-order valence-corrected chi connectivity index (χ3v) is 5.53. The van der Waals surface area contributed by atoms with E-state index >= 15 is 0 Å². The molecule has 0 spiro atoms. The smallest absolute Gasteiger partial charge is 0.338 e. The van der Waals surface area contributed by atoms with Gasteiger partial charge in [0.2, 0.25) is 0 Å². The van der Waals surface area contributed by atoms with Crippen LogP contribution in [0.2, 0.25) is 0 Å². The first-order valence-corrected chi connectivity index (χ1v) is 11.4. The first kappa shape index (κ1) is 24.3. The highest BCUT2D eigenvalue weighted by Crippen LogP contribution is 2.24. The molecule has 0 radical (unpaired) electrons. The van der Waals surface area contributed by atoms with Crippen LogP contribution in [-0.2, 0) is 25.4 Å². The molecule has 4 N–H and O–H groups in total. The summed E-state index contributed by atoms with van der Waals surface area (Å²) in [5.74, 6) is -0.773. The Morgan fingerprint density at radius 1 is 0.970 bits per heavy atom. The fourth-order valence-corrected chi connectivity index (χ4v) is 3.87. The molecule has 176 valence electrons. The Morgan fingerprint density at radius 3 is 2.24 bits per heavy atom. The summed E-state index contributed by atoms with van der Waals surface area (Å²) in [4.78, 5) is 24.4. The van der Waals surface area contributed by atoms with Gasteiger partial charge in [0.25, 0.3) is 0 Å². The molecule has 0 heterocycles. The van der Waals surface area contributed by atoms with Crippen LogP contribution in [0.15, 0.2) is 48.5 Å². The molecule has 1 aliphatic carbocycles. The van der Waals surface area contributed by atoms with E-state index in [0.717, 1.165) is 36.8 Å². The number of anilines is 2. The van der Waals surface area contributed by atoms with Gasteiger partial charge in [0.1, 0.15) is 6.10 Å². The van der Waals surface area contributed by atoms with Crippen molar-refractivity contribution in [2.24, 2.45) is 0 Å². The summed E-state index contributed by atoms with van der Waals surface area (Å²) < 4.78 is 16.5. The van der Waals surface area contributed by atoms with E-state index in [2.05, 4.69) is 0 Å². The number of ether oxygens (including phenoxy) is 3. The number of nitrogen functional groups attached to an aromatic ring is 2. The lowest BCUT2D eigenvalue weighted by Crippen LogP contribution is -2.28. The van der Waals surface area contributed by atoms with Gasteiger partial charge in [-0.15, -0.1) is 0 Å². The summed E-state index contributed by atoms with van der Waals surface area (Å²) in [6.07, 6.45) is 7.22. The van der Waals surface area contributed by atoms with E-state index in [1.807, 2.05) is 6.92 Å². The van der Waals surface area contributed by atoms with E-state index in [1.165, 1.54) is 6.08 Å². The number of benzene rings is 2. The average molecular weight is 453 g/mol. The Kier molecular flexibility index (Phi) is 8.89. The van der Waals surface area contributed by atoms with Gasteiger partial charge in [-0.1, -0.05) is 12.1 Å². The molecule has 2 aromatic rings. The molecule has 1 saturated carbocycles. The number of carbonyl (C=O) groups is 2. The van der Waals surface area contributed by atoms with Crippen molar-refractivity contribution in [1.29, 1.82) is 0 Å². The van der Waals surface area contributed by atoms with Crippen LogP contribution in [0.5, 0.6) is 0 Å². The van der Waals surface area contributed by atoms with Crippen LogP contribution in [0.4, 0.5) is 11.4 Å². The van der Waals surface area contributed by atoms with Crippen molar-refractivity contribution in [3.05, 3.63) is 65.2 Å². The van der Waals surface area contributed by atoms with Crippen molar-refractivity contribution in [2.75, 3.05) is 24.7 Å². The summed E-state index contributed by atoms with van der Waals surface area (Å²) in [6, 6.07) is 12.2. The summed E-state index contributed by atoms with van der Waals surface area (Å²) in [7, 11) is 0. The van der Waals surface area contributed by atoms with Crippen molar-refractivity contribution < 1.29 is 23.8 Å². The third-order valence-electron chi connectivity index (χ3n) is 5.53. The van der Waals surface area contributed by atoms with Crippen molar-refractivity contribution >= 4 is 29.4 Å². The lowest BCUT2D eigenvalue weighted by molar-refractivity contribution is -0.137. The molecular formula is C26H32N2O5. The van der Waals surface area contributed by atoms with Crippen molar-refractivity contribution in [3.8, 4) is 0 Å². The maximum absolute atomic E-state index is 12.4. The maximum atomic E-state index is 12.4. The highest BCUT2D eigenvalue weighted by atomic mass is 16.5. The first-order valence-electron chi connectivity index (χ1n) is 11.4. The minimum atomic E-state index is -0.446. The van der Waals surface area contributed by atoms with E-state index in [1.54, 1.807) is 48.5 Å². The summed E-state index contributed by atoms with van der Waals surface area (Å²) in [6.45, 7) is 2.93. The molecule has 0 saturated heterocycles. The normalized spacial score (nSPS) is 18.2. The first-order chi connectivity index (χ1) is 15.9. The van der Waals surface area contributed by atoms with Crippen LogP contribution in [0, 0.1) is 0 Å². The zero-order valence-electron chi connectivity index (χ0n) is 19.0. The zero-order chi connectivity index (χ0) is 23.6. The summed E-state index contributed by atoms with van der Waals surface area (Å²) in [5.41, 5.74) is 14.9. The predicted molar refractivity (Wildman–Crippen MR) is 128 cm³/mol. The van der Waals surface area contributed by atoms with Crippen LogP contribution in [0.3, 0.4) is 0 Å². The fraction of sp³-hybridized carbons (Fsp3) is 0.385. The minimum absolute atomic E-state index is 0.0627. The summed E-state index contributed by atoms with van der Waals surface area (Å²) >= 11 is 0. The van der Waals surface area contributed by atoms with Crippen molar-refractivity contribution in [2.45, 2.75) is 51.2 Å². The van der Waals surface area contributed by atoms with E-state index in [0.29, 0.717) is 30.0 Å². The molecule has 0 amide bonds. The van der Waals surface area contributed by atoms with Crippen LogP contribution in [-0.4, -0.2) is 37.4 Å². The van der Waals surface area contributed by atoms with Crippen molar-refractivity contribution in [3.63, 3.8) is 0 Å². The molecule has 3 rings (SSSR count). The molecular weight excluding hydrogens is 420 g/mol. The lowest BCUT2D eigenvalue weighted by Gasteiger charge is -2.28. The van der Waals surface area contributed by atoms with Gasteiger partial charge in [-0.25, -0.2) is 9.59 Å². The van der Waals surface area contributed by atoms with Gasteiger partial charge in [0.05, 0.1) is 18.3 Å². The van der Waals surface area contributed by atoms with Gasteiger partial charge in [-0.05, 0) is 80.1 Å². The zero-order valence-corrected chi connectivity index (χ0v) is 19.0. The van der Waals surface area contributed by atoms with Crippen LogP contribution < -0.4 is 11.5 Å². The largest absolute Gasteiger partial charge is 0.462 e. The molecule has 1 fully saturated rings. The molecule has 7 nitrogen and oxygen atoms in total. The Balaban J connectivity index is 1.41. The molecule has 0 unspecified atom stereocenters. The molecule has 0 aromatic heterocycles. The second-order valence-corrected chi connectivity index (χ2v) is 8.14. The number of nitrogens with two attached hydrogens (primary N) is 2. The Bertz CT molecular complexity index is 943. The topological polar surface area (TPSA) is 114 Å². The van der Waals surface area contributed by atoms with Gasteiger partial charge in [-0.2, -0.15) is 0 Å². The lowest BCUT2D eigenvalue weighted by atomic mass is 9.95. The Hall–Kier alpha value is -3.32. The molecule has 1 aliphatic rings. The molecule has 0 atom stereocenters. The minimum Gasteiger partial charge on any atom is -0.462 e. The number of hydrogen-bond donors (Lipinski definition) is 2. The van der Waals surface area contributed by atoms with Crippen LogP contribution in [0.1, 0.15) is 54.1 Å². The fourth-order valence-electron chi connectivity index (χ4n) is 3.87. The number of carbonyl (C=O) groups excluding carboxylic acids is 2. The van der Waals surface area contributed by atoms with Gasteiger partial charge >= 0.3 is 11.9 Å². The van der Waals surface area contributed by atoms with E-state index < -0.39 is 5.97 Å². The second kappa shape index (κ2) is 12.1. The van der Waals surface area contributed by atoms with Gasteiger partial charge in [0, 0.05) is 30.5 Å². The van der Waals surface area contributed by atoms with E-state index in [9.17, 15) is 9.59 Å². The SMILES string of the molecule is CCOC1CCC(OC(=O)c2ccc(/C=C/C(=O)OCCc3cc(N)cc(N)c3)cc2)CC1. The average Bonchev–Trinajstić information content (AvgIpc) is 2.79. The predicted octanol–water partition coefficient (Wildman–Crippen LogP) is 4.15. The van der Waals surface area contributed by atoms with E-state index in [-0.39, 0.29) is 24.8 Å². The maximum Gasteiger partial charge on any atom is 0.338 e. The van der Waals surface area contributed by atoms with Crippen molar-refractivity contribution in [1.82, 2.24) is 0 Å². The number of esters is 2. The highest BCUT2D eigenvalue weighted by Gasteiger charge is 2.24. The molecule has 0 bridgehead atoms. The Morgan fingerprint density at radius 2 is 1.61 bits per heavy atom. The van der Waals surface area contributed by atoms with Gasteiger partial charge in [0.15, 0.2) is 0 Å². The quantitative estimate of drug-likeness (QED) is 0.334. The molecule has 33 heavy (non-hydrogen) atoms. The standard InChI is InChI=1S/C26H32N2O5/c1-2-31-23-8-10-24(11-9-23)33-26(30)20-6-3-18(4-7-20)5-12-25(29)32-14-13-19-15-21(27)17-22(28)16-19/h3-7,12,15-17,23-24H,2,8-11,13-14,27-28H2,1H3/b12-5+. The van der Waals surface area contributed by atoms with E-state index in [4.69, 9.17) is 25.7 Å². The number of rotatable bonds is 9. The third kappa shape index (κ3) is 7.95. The van der Waals surface area contributed by atoms with Crippen LogP contribution in [0.25, 0.3) is 6.08 Å². The van der Waals surface area contributed by atoms with Crippen LogP contribution >= 0.6 is 0 Å². The Labute approximate surface area is 194 Å². The molecule has 2 aromatic carbocycles. The highest BCUT2D eigenvalue weighted by molar-refractivity contribution is 5.90. The second-order valence-electron chi connectivity index (χ2n) is 8.14. The van der Waals surface area contributed by atoms with Gasteiger partial charge in [-0.3, -0.25) is 0 Å². The molecule has 7 heteroatoms.